The van der Waals surface area contributed by atoms with Gasteiger partial charge < -0.3 is 4.74 Å². The molecule has 2 N–H and O–H groups in total. The SMILES string of the molecule is CC(C)(C)OC(=O)NC1=NC2(c3cc([N+](=O)O)ccc3F)CCCC[C@H]2CS1. The normalized spacial score (nSPS) is 24.7. The lowest BCUT2D eigenvalue weighted by Crippen LogP contribution is -2.45. The Bertz CT molecular complexity index is 824. The van der Waals surface area contributed by atoms with Gasteiger partial charge >= 0.3 is 11.8 Å². The molecule has 152 valence electrons. The molecule has 1 amide bonds. The predicted molar refractivity (Wildman–Crippen MR) is 104 cm³/mol. The van der Waals surface area contributed by atoms with Gasteiger partial charge in [0.1, 0.15) is 11.4 Å². The molecule has 1 unspecified atom stereocenters. The molecular formula is C19H25FN3O4S+. The van der Waals surface area contributed by atoms with E-state index < -0.39 is 23.1 Å². The van der Waals surface area contributed by atoms with E-state index in [-0.39, 0.29) is 22.1 Å². The largest absolute Gasteiger partial charge is 0.444 e. The zero-order chi connectivity index (χ0) is 20.5. The van der Waals surface area contributed by atoms with Crippen molar-refractivity contribution in [2.75, 3.05) is 5.75 Å². The minimum atomic E-state index is -0.885. The average Bonchev–Trinajstić information content (AvgIpc) is 2.59. The first-order valence-corrected chi connectivity index (χ1v) is 10.3. The summed E-state index contributed by atoms with van der Waals surface area (Å²) in [7, 11) is 0. The Morgan fingerprint density at radius 2 is 2.18 bits per heavy atom. The van der Waals surface area contributed by atoms with Gasteiger partial charge in [-0.15, -0.1) is 0 Å². The minimum absolute atomic E-state index is 0.0508. The number of amidine groups is 1. The van der Waals surface area contributed by atoms with Crippen molar-refractivity contribution in [1.82, 2.24) is 5.32 Å². The van der Waals surface area contributed by atoms with E-state index in [1.165, 1.54) is 30.0 Å². The van der Waals surface area contributed by atoms with Crippen LogP contribution in [0.3, 0.4) is 0 Å². The number of thioether (sulfide) groups is 1. The summed E-state index contributed by atoms with van der Waals surface area (Å²) in [6.07, 6.45) is 2.74. The van der Waals surface area contributed by atoms with Crippen molar-refractivity contribution in [2.24, 2.45) is 10.9 Å². The Hall–Kier alpha value is -2.16. The van der Waals surface area contributed by atoms with Gasteiger partial charge in [-0.05, 0) is 45.6 Å². The molecule has 7 nitrogen and oxygen atoms in total. The van der Waals surface area contributed by atoms with Crippen molar-refractivity contribution in [3.63, 3.8) is 0 Å². The fourth-order valence-corrected chi connectivity index (χ4v) is 5.01. The lowest BCUT2D eigenvalue weighted by Gasteiger charge is -2.44. The fraction of sp³-hybridized carbons (Fsp3) is 0.579. The summed E-state index contributed by atoms with van der Waals surface area (Å²) < 4.78 is 20.1. The number of nitrogens with one attached hydrogen (secondary N) is 1. The van der Waals surface area contributed by atoms with Crippen LogP contribution in [0.1, 0.15) is 52.0 Å². The predicted octanol–water partition coefficient (Wildman–Crippen LogP) is 4.64. The molecule has 2 aliphatic rings. The summed E-state index contributed by atoms with van der Waals surface area (Å²) in [5.74, 6) is 0.252. The van der Waals surface area contributed by atoms with E-state index in [1.807, 2.05) is 0 Å². The molecule has 1 aliphatic heterocycles. The molecule has 1 saturated carbocycles. The van der Waals surface area contributed by atoms with Crippen molar-refractivity contribution in [1.29, 1.82) is 0 Å². The van der Waals surface area contributed by atoms with Gasteiger partial charge in [-0.1, -0.05) is 24.6 Å². The van der Waals surface area contributed by atoms with Crippen LogP contribution in [0.25, 0.3) is 0 Å². The number of fused-ring (bicyclic) bond motifs is 1. The molecule has 0 saturated heterocycles. The Balaban J connectivity index is 2.00. The Morgan fingerprint density at radius 3 is 2.86 bits per heavy atom. The summed E-state index contributed by atoms with van der Waals surface area (Å²) in [5.41, 5.74) is -1.31. The maximum atomic E-state index is 14.8. The van der Waals surface area contributed by atoms with Crippen molar-refractivity contribution < 1.29 is 24.1 Å². The highest BCUT2D eigenvalue weighted by Gasteiger charge is 2.47. The summed E-state index contributed by atoms with van der Waals surface area (Å²) >= 11 is 1.41. The van der Waals surface area contributed by atoms with E-state index >= 15 is 0 Å². The first kappa shape index (κ1) is 20.6. The second-order valence-corrected chi connectivity index (χ2v) is 9.17. The smallest absolute Gasteiger partial charge is 0.413 e. The molecule has 0 aromatic heterocycles. The third-order valence-corrected chi connectivity index (χ3v) is 6.04. The van der Waals surface area contributed by atoms with Crippen LogP contribution in [0, 0.1) is 16.6 Å². The molecule has 0 radical (unpaired) electrons. The highest BCUT2D eigenvalue weighted by atomic mass is 32.2. The van der Waals surface area contributed by atoms with Crippen LogP contribution in [0.15, 0.2) is 23.2 Å². The third kappa shape index (κ3) is 4.29. The number of carbonyl (C=O) groups excluding carboxylic acids is 1. The maximum absolute atomic E-state index is 14.8. The average molecular weight is 410 g/mol. The van der Waals surface area contributed by atoms with Crippen LogP contribution in [0.2, 0.25) is 0 Å². The zero-order valence-corrected chi connectivity index (χ0v) is 17.0. The van der Waals surface area contributed by atoms with Crippen LogP contribution in [0.5, 0.6) is 0 Å². The lowest BCUT2D eigenvalue weighted by molar-refractivity contribution is -0.729. The Kier molecular flexibility index (Phi) is 5.65. The summed E-state index contributed by atoms with van der Waals surface area (Å²) in [6.45, 7) is 5.31. The number of hydrogen-bond donors (Lipinski definition) is 2. The molecule has 1 aliphatic carbocycles. The standard InChI is InChI=1S/C19H24FN3O4S/c1-18(2,3)27-17(24)21-16-22-19(9-5-4-6-12(19)11-28-16)14-10-13(23(25)26)7-8-15(14)20/h7-8,10,12H,4-6,9,11H2,1-3H3,(H-,21,22,24,25,26)/p+1/t12-,19?/m0/s1. The first-order chi connectivity index (χ1) is 13.1. The molecule has 1 fully saturated rings. The number of aliphatic imine (C=N–C) groups is 1. The van der Waals surface area contributed by atoms with Crippen LogP contribution >= 0.6 is 11.8 Å². The number of hydrogen-bond acceptors (Lipinski definition) is 5. The van der Waals surface area contributed by atoms with Gasteiger partial charge in [0.2, 0.25) is 0 Å². The monoisotopic (exact) mass is 410 g/mol. The number of benzene rings is 1. The molecule has 0 spiro atoms. The van der Waals surface area contributed by atoms with Gasteiger partial charge in [0.15, 0.2) is 5.17 Å². The molecule has 1 aromatic rings. The van der Waals surface area contributed by atoms with E-state index in [4.69, 9.17) is 9.73 Å². The molecule has 3 rings (SSSR count). The first-order valence-electron chi connectivity index (χ1n) is 9.29. The van der Waals surface area contributed by atoms with Crippen molar-refractivity contribution in [3.8, 4) is 0 Å². The molecule has 9 heteroatoms. The molecular weight excluding hydrogens is 385 g/mol. The zero-order valence-electron chi connectivity index (χ0n) is 16.2. The number of nitrogens with zero attached hydrogens (tertiary/aromatic N) is 2. The highest BCUT2D eigenvalue weighted by molar-refractivity contribution is 8.13. The molecule has 28 heavy (non-hydrogen) atoms. The van der Waals surface area contributed by atoms with E-state index in [9.17, 15) is 19.3 Å². The van der Waals surface area contributed by atoms with Gasteiger partial charge in [0, 0.05) is 23.4 Å². The lowest BCUT2D eigenvalue weighted by atomic mass is 9.69. The second kappa shape index (κ2) is 7.69. The molecule has 2 atom stereocenters. The number of carbonyl (C=O) groups is 1. The van der Waals surface area contributed by atoms with E-state index in [2.05, 4.69) is 5.32 Å². The number of ether oxygens (including phenoxy) is 1. The van der Waals surface area contributed by atoms with Crippen molar-refractivity contribution in [3.05, 3.63) is 34.5 Å². The van der Waals surface area contributed by atoms with E-state index in [0.717, 1.165) is 19.3 Å². The number of alkyl carbamates (subject to hydrolysis) is 1. The number of amides is 1. The second-order valence-electron chi connectivity index (χ2n) is 8.16. The fourth-order valence-electron chi connectivity index (χ4n) is 3.82. The van der Waals surface area contributed by atoms with Gasteiger partial charge in [0.05, 0.1) is 10.4 Å². The molecule has 0 bridgehead atoms. The number of halogens is 1. The van der Waals surface area contributed by atoms with Gasteiger partial charge in [-0.3, -0.25) is 10.3 Å². The summed E-state index contributed by atoms with van der Waals surface area (Å²) in [6, 6.07) is 3.75. The van der Waals surface area contributed by atoms with Crippen molar-refractivity contribution >= 4 is 28.7 Å². The van der Waals surface area contributed by atoms with Gasteiger partial charge in [-0.2, -0.15) is 0 Å². The summed E-state index contributed by atoms with van der Waals surface area (Å²) in [4.78, 5) is 28.0. The third-order valence-electron chi connectivity index (χ3n) is 5.00. The van der Waals surface area contributed by atoms with Crippen LogP contribution in [0.4, 0.5) is 14.9 Å². The topological polar surface area (TPSA) is 91.0 Å². The number of rotatable bonds is 2. The van der Waals surface area contributed by atoms with E-state index in [1.54, 1.807) is 20.8 Å². The van der Waals surface area contributed by atoms with Crippen molar-refractivity contribution in [2.45, 2.75) is 57.6 Å². The van der Waals surface area contributed by atoms with Crippen LogP contribution in [-0.2, 0) is 10.3 Å². The van der Waals surface area contributed by atoms with Crippen LogP contribution < -0.4 is 5.32 Å². The van der Waals surface area contributed by atoms with E-state index in [0.29, 0.717) is 17.3 Å². The minimum Gasteiger partial charge on any atom is -0.444 e. The molecule has 1 aromatic carbocycles. The summed E-state index contributed by atoms with van der Waals surface area (Å²) in [5, 5.41) is 12.3. The molecule has 1 heterocycles. The Labute approximate surface area is 167 Å². The Morgan fingerprint density at radius 1 is 1.43 bits per heavy atom. The maximum Gasteiger partial charge on any atom is 0.413 e. The van der Waals surface area contributed by atoms with Crippen LogP contribution in [-0.4, -0.2) is 32.7 Å². The van der Waals surface area contributed by atoms with Gasteiger partial charge in [-0.25, -0.2) is 14.4 Å². The van der Waals surface area contributed by atoms with Gasteiger partial charge in [0.25, 0.3) is 4.92 Å². The quantitative estimate of drug-likeness (QED) is 0.693. The highest BCUT2D eigenvalue weighted by Crippen LogP contribution is 2.50.